The second-order valence-electron chi connectivity index (χ2n) is 10.3. The molecule has 0 amide bonds. The zero-order valence-electron chi connectivity index (χ0n) is 22.6. The molecular weight excluding hydrogens is 735 g/mol. The number of nitrogens with one attached hydrogen (secondary N) is 1. The molecule has 0 saturated heterocycles. The average molecular weight is 767 g/mol. The topological polar surface area (TPSA) is 112 Å². The maximum Gasteiger partial charge on any atom is 0.339 e. The van der Waals surface area contributed by atoms with E-state index < -0.39 is 17.6 Å². The van der Waals surface area contributed by atoms with Gasteiger partial charge in [0.2, 0.25) is 0 Å². The predicted octanol–water partition coefficient (Wildman–Crippen LogP) is 4.10. The Labute approximate surface area is 215 Å². The second kappa shape index (κ2) is 10.4. The average Bonchev–Trinajstić information content (AvgIpc) is 3.12. The minimum absolute atomic E-state index is 0. The molecule has 0 saturated carbocycles. The van der Waals surface area contributed by atoms with Gasteiger partial charge in [0.1, 0.15) is 11.6 Å². The zero-order chi connectivity index (χ0) is 26.9. The van der Waals surface area contributed by atoms with Crippen LogP contribution in [0, 0.1) is 25.7 Å². The fraction of sp³-hybridized carbons (Fsp3) is 0.321. The molecule has 0 aliphatic rings. The fourth-order valence-corrected chi connectivity index (χ4v) is 4.06. The van der Waals surface area contributed by atoms with E-state index in [-0.39, 0.29) is 11.2 Å². The molecule has 0 fully saturated rings. The van der Waals surface area contributed by atoms with Gasteiger partial charge in [0, 0.05) is 18.0 Å². The SMILES string of the molecule is CC(=O)[C@H](Cc1ccc(-n2c(=O)n(C(=O)[CH-]C(C)(C)C)c3cccnc32)cc1)Nc1nc(C)ncc1C.[Rf]. The summed E-state index contributed by atoms with van der Waals surface area (Å²) >= 11 is 0. The predicted molar refractivity (Wildman–Crippen MR) is 143 cm³/mol. The van der Waals surface area contributed by atoms with Crippen molar-refractivity contribution < 1.29 is 9.59 Å². The largest absolute Gasteiger partial charge is 0.360 e. The van der Waals surface area contributed by atoms with E-state index >= 15 is 0 Å². The van der Waals surface area contributed by atoms with Gasteiger partial charge in [0.15, 0.2) is 11.4 Å². The molecule has 0 radical (unpaired) electrons. The van der Waals surface area contributed by atoms with Crippen LogP contribution in [0.15, 0.2) is 53.6 Å². The second-order valence-corrected chi connectivity index (χ2v) is 10.3. The molecule has 0 spiro atoms. The normalized spacial score (nSPS) is 12.1. The van der Waals surface area contributed by atoms with Gasteiger partial charge in [-0.15, -0.1) is 5.41 Å². The Kier molecular flexibility index (Phi) is 7.46. The number of rotatable bonds is 7. The molecular formula is C28H31N6O3Rf-. The smallest absolute Gasteiger partial charge is 0.339 e. The first kappa shape index (κ1) is 27.3. The van der Waals surface area contributed by atoms with Crippen LogP contribution in [0.5, 0.6) is 0 Å². The molecule has 4 rings (SSSR count). The molecule has 1 aromatic carbocycles. The van der Waals surface area contributed by atoms with Crippen LogP contribution in [0.1, 0.15) is 49.4 Å². The number of Topliss-reactive ketones (excluding diaryl/α,β-unsaturated/α-hetero) is 1. The number of imidazole rings is 1. The first-order valence-corrected chi connectivity index (χ1v) is 12.1. The number of aryl methyl sites for hydroxylation is 2. The van der Waals surface area contributed by atoms with Gasteiger partial charge in [-0.1, -0.05) is 32.9 Å². The van der Waals surface area contributed by atoms with Crippen LogP contribution >= 0.6 is 0 Å². The van der Waals surface area contributed by atoms with Crippen LogP contribution in [0.4, 0.5) is 5.82 Å². The maximum absolute atomic E-state index is 13.4. The first-order chi connectivity index (χ1) is 17.4. The molecule has 0 aliphatic heterocycles. The molecule has 4 aromatic rings. The monoisotopic (exact) mass is 766 g/mol. The molecule has 0 bridgehead atoms. The van der Waals surface area contributed by atoms with E-state index in [1.165, 1.54) is 11.0 Å². The molecule has 10 heteroatoms. The number of benzene rings is 1. The Bertz CT molecular complexity index is 1530. The summed E-state index contributed by atoms with van der Waals surface area (Å²) in [6, 6.07) is 10.3. The number of ketones is 1. The van der Waals surface area contributed by atoms with Crippen molar-refractivity contribution in [3.63, 3.8) is 0 Å². The van der Waals surface area contributed by atoms with Gasteiger partial charge in [0.25, 0.3) is 0 Å². The van der Waals surface area contributed by atoms with E-state index in [4.69, 9.17) is 0 Å². The van der Waals surface area contributed by atoms with E-state index in [0.29, 0.717) is 34.9 Å². The summed E-state index contributed by atoms with van der Waals surface area (Å²) in [4.78, 5) is 51.8. The zero-order valence-corrected chi connectivity index (χ0v) is 29.0. The number of nitrogens with zero attached hydrogens (tertiary/aromatic N) is 5. The summed E-state index contributed by atoms with van der Waals surface area (Å²) in [6.45, 7) is 10.9. The van der Waals surface area contributed by atoms with Gasteiger partial charge >= 0.3 is 5.69 Å². The van der Waals surface area contributed by atoms with Crippen LogP contribution in [0.2, 0.25) is 0 Å². The van der Waals surface area contributed by atoms with Crippen molar-refractivity contribution in [3.8, 4) is 5.69 Å². The van der Waals surface area contributed by atoms with E-state index in [1.54, 1.807) is 50.5 Å². The van der Waals surface area contributed by atoms with Gasteiger partial charge in [-0.25, -0.2) is 24.3 Å². The van der Waals surface area contributed by atoms with Gasteiger partial charge in [0.05, 0.1) is 23.2 Å². The minimum atomic E-state index is -0.482. The maximum atomic E-state index is 13.4. The van der Waals surface area contributed by atoms with Crippen molar-refractivity contribution in [1.29, 1.82) is 0 Å². The number of hydrogen-bond acceptors (Lipinski definition) is 7. The molecule has 0 unspecified atom stereocenters. The Morgan fingerprint density at radius 2 is 1.76 bits per heavy atom. The number of pyridine rings is 1. The Hall–Kier alpha value is -5.27. The minimum Gasteiger partial charge on any atom is -0.360 e. The third-order valence-electron chi connectivity index (χ3n) is 5.91. The molecule has 38 heavy (non-hydrogen) atoms. The summed E-state index contributed by atoms with van der Waals surface area (Å²) in [7, 11) is 0. The number of carbonyl (C=O) groups excluding carboxylic acids is 2. The van der Waals surface area contributed by atoms with Gasteiger partial charge in [-0.2, -0.15) is 0 Å². The Morgan fingerprint density at radius 3 is 2.39 bits per heavy atom. The van der Waals surface area contributed by atoms with Crippen molar-refractivity contribution >= 4 is 28.7 Å². The number of carbonyl (C=O) groups is 2. The molecule has 1 N–H and O–H groups in total. The van der Waals surface area contributed by atoms with Gasteiger partial charge in [-0.3, -0.25) is 15.8 Å². The van der Waals surface area contributed by atoms with E-state index in [1.807, 2.05) is 39.8 Å². The van der Waals surface area contributed by atoms with Crippen LogP contribution in [-0.4, -0.2) is 41.8 Å². The number of anilines is 1. The molecule has 1 atom stereocenters. The van der Waals surface area contributed by atoms with E-state index in [2.05, 4.69) is 20.3 Å². The van der Waals surface area contributed by atoms with Crippen molar-refractivity contribution in [2.75, 3.05) is 5.32 Å². The standard InChI is InChI=1S/C28H31N6O3.Rf/c1-17-16-30-19(3)31-25(17)32-22(18(2)35)14-20-9-11-21(12-10-20)33-26-23(8-7-13-29-26)34(27(33)37)24(36)15-28(4,5)6;/h7-13,15-16,22H,14H2,1-6H3,(H,30,31,32);/q-1;/t22-;/m0./s1. The van der Waals surface area contributed by atoms with Crippen LogP contribution in [0.25, 0.3) is 16.9 Å². The summed E-state index contributed by atoms with van der Waals surface area (Å²) in [6.07, 6.45) is 5.29. The molecule has 3 heterocycles. The number of hydrogen-bond donors (Lipinski definition) is 1. The van der Waals surface area contributed by atoms with Crippen LogP contribution < -0.4 is 11.0 Å². The van der Waals surface area contributed by atoms with Gasteiger partial charge in [-0.05, 0) is 57.0 Å². The van der Waals surface area contributed by atoms with Crippen molar-refractivity contribution in [2.24, 2.45) is 5.41 Å². The number of fused-ring (bicyclic) bond motifs is 1. The van der Waals surface area contributed by atoms with Crippen LogP contribution in [0.3, 0.4) is 0 Å². The summed E-state index contributed by atoms with van der Waals surface area (Å²) in [5.74, 6) is 0.844. The number of aromatic nitrogens is 5. The van der Waals surface area contributed by atoms with Crippen LogP contribution in [-0.2, 0) is 11.2 Å². The Balaban J connectivity index is 0.00000400. The van der Waals surface area contributed by atoms with Crippen molar-refractivity contribution in [3.05, 3.63) is 82.6 Å². The first-order valence-electron chi connectivity index (χ1n) is 12.1. The summed E-state index contributed by atoms with van der Waals surface area (Å²) in [5.41, 5.74) is 2.31. The Morgan fingerprint density at radius 1 is 1.08 bits per heavy atom. The third-order valence-corrected chi connectivity index (χ3v) is 5.91. The van der Waals surface area contributed by atoms with Crippen molar-refractivity contribution in [1.82, 2.24) is 24.1 Å². The summed E-state index contributed by atoms with van der Waals surface area (Å²) < 4.78 is 2.59. The molecule has 194 valence electrons. The van der Waals surface area contributed by atoms with Gasteiger partial charge < -0.3 is 10.1 Å². The van der Waals surface area contributed by atoms with E-state index in [0.717, 1.165) is 15.7 Å². The quantitative estimate of drug-likeness (QED) is 0.282. The molecule has 0 aliphatic carbocycles. The summed E-state index contributed by atoms with van der Waals surface area (Å²) in [5, 5.41) is 3.24. The fourth-order valence-electron chi connectivity index (χ4n) is 4.06. The van der Waals surface area contributed by atoms with Crippen molar-refractivity contribution in [2.45, 2.75) is 54.0 Å². The third kappa shape index (κ3) is 5.59. The molecule has 9 nitrogen and oxygen atoms in total. The van der Waals surface area contributed by atoms with E-state index in [9.17, 15) is 14.4 Å². The molecule has 3 aromatic heterocycles.